The van der Waals surface area contributed by atoms with E-state index in [0.717, 1.165) is 24.7 Å². The summed E-state index contributed by atoms with van der Waals surface area (Å²) in [6.07, 6.45) is 5.29. The monoisotopic (exact) mass is 262 g/mol. The lowest BCUT2D eigenvalue weighted by molar-refractivity contribution is -0.142. The first-order chi connectivity index (χ1) is 9.24. The largest absolute Gasteiger partial charge is 0.481 e. The Morgan fingerprint density at radius 1 is 1.11 bits per heavy atom. The zero-order chi connectivity index (χ0) is 13.2. The Morgan fingerprint density at radius 3 is 2.37 bits per heavy atom. The number of rotatable bonds is 3. The number of nitrogens with zero attached hydrogens (tertiary/aromatic N) is 4. The minimum Gasteiger partial charge on any atom is -0.481 e. The van der Waals surface area contributed by atoms with Gasteiger partial charge < -0.3 is 14.9 Å². The fraction of sp³-hybridized carbons (Fsp3) is 0.615. The molecule has 0 amide bonds. The third-order valence-corrected chi connectivity index (χ3v) is 3.87. The van der Waals surface area contributed by atoms with Crippen LogP contribution in [0.15, 0.2) is 12.4 Å². The van der Waals surface area contributed by atoms with Crippen LogP contribution in [-0.2, 0) is 4.79 Å². The van der Waals surface area contributed by atoms with Gasteiger partial charge in [-0.3, -0.25) is 4.79 Å². The van der Waals surface area contributed by atoms with Crippen molar-refractivity contribution in [3.05, 3.63) is 12.4 Å². The second-order valence-corrected chi connectivity index (χ2v) is 5.22. The van der Waals surface area contributed by atoms with E-state index in [4.69, 9.17) is 5.11 Å². The van der Waals surface area contributed by atoms with Crippen LogP contribution >= 0.6 is 0 Å². The number of hydrogen-bond acceptors (Lipinski definition) is 5. The van der Waals surface area contributed by atoms with Crippen molar-refractivity contribution in [2.75, 3.05) is 36.0 Å². The van der Waals surface area contributed by atoms with Crippen LogP contribution in [0.4, 0.5) is 11.6 Å². The average molecular weight is 262 g/mol. The van der Waals surface area contributed by atoms with Crippen LogP contribution < -0.4 is 9.80 Å². The Kier molecular flexibility index (Phi) is 3.23. The van der Waals surface area contributed by atoms with E-state index in [9.17, 15) is 4.79 Å². The molecular weight excluding hydrogens is 244 g/mol. The summed E-state index contributed by atoms with van der Waals surface area (Å²) in [4.78, 5) is 23.7. The molecule has 1 N–H and O–H groups in total. The standard InChI is InChI=1S/C13H18N4O2/c18-13(19)10-7-17(8-10)12-6-11(14-9-15-12)16-4-2-1-3-5-16/h6,9-10H,1-5,7-8H2,(H,18,19). The maximum absolute atomic E-state index is 10.8. The van der Waals surface area contributed by atoms with Crippen LogP contribution in [-0.4, -0.2) is 47.2 Å². The Bertz CT molecular complexity index is 467. The molecule has 19 heavy (non-hydrogen) atoms. The highest BCUT2D eigenvalue weighted by Crippen LogP contribution is 2.26. The maximum atomic E-state index is 10.8. The minimum atomic E-state index is -0.721. The van der Waals surface area contributed by atoms with Crippen molar-refractivity contribution in [2.45, 2.75) is 19.3 Å². The third kappa shape index (κ3) is 2.47. The van der Waals surface area contributed by atoms with Crippen LogP contribution in [0, 0.1) is 5.92 Å². The molecule has 3 rings (SSSR count). The summed E-state index contributed by atoms with van der Waals surface area (Å²) in [6.45, 7) is 3.19. The molecule has 6 nitrogen and oxygen atoms in total. The molecule has 0 aromatic carbocycles. The van der Waals surface area contributed by atoms with Gasteiger partial charge in [-0.05, 0) is 19.3 Å². The lowest BCUT2D eigenvalue weighted by atomic mass is 10.0. The van der Waals surface area contributed by atoms with Crippen molar-refractivity contribution in [1.82, 2.24) is 9.97 Å². The van der Waals surface area contributed by atoms with Crippen LogP contribution in [0.5, 0.6) is 0 Å². The number of carboxylic acids is 1. The second-order valence-electron chi connectivity index (χ2n) is 5.22. The van der Waals surface area contributed by atoms with E-state index in [0.29, 0.717) is 13.1 Å². The highest BCUT2D eigenvalue weighted by Gasteiger charge is 2.33. The maximum Gasteiger partial charge on any atom is 0.310 e. The van der Waals surface area contributed by atoms with E-state index in [1.54, 1.807) is 6.33 Å². The summed E-state index contributed by atoms with van der Waals surface area (Å²) in [6, 6.07) is 1.98. The number of piperidine rings is 1. The van der Waals surface area contributed by atoms with Crippen LogP contribution in [0.2, 0.25) is 0 Å². The number of hydrogen-bond donors (Lipinski definition) is 1. The smallest absolute Gasteiger partial charge is 0.310 e. The van der Waals surface area contributed by atoms with Gasteiger partial charge in [-0.25, -0.2) is 9.97 Å². The molecule has 0 atom stereocenters. The Labute approximate surface area is 112 Å². The van der Waals surface area contributed by atoms with Crippen molar-refractivity contribution in [1.29, 1.82) is 0 Å². The summed E-state index contributed by atoms with van der Waals surface area (Å²) < 4.78 is 0. The van der Waals surface area contributed by atoms with Crippen LogP contribution in [0.25, 0.3) is 0 Å². The third-order valence-electron chi connectivity index (χ3n) is 3.87. The predicted octanol–water partition coefficient (Wildman–Crippen LogP) is 0.988. The number of carbonyl (C=O) groups is 1. The minimum absolute atomic E-state index is 0.256. The number of aliphatic carboxylic acids is 1. The fourth-order valence-corrected chi connectivity index (χ4v) is 2.63. The van der Waals surface area contributed by atoms with E-state index in [1.807, 2.05) is 11.0 Å². The zero-order valence-corrected chi connectivity index (χ0v) is 10.8. The van der Waals surface area contributed by atoms with Crippen molar-refractivity contribution < 1.29 is 9.90 Å². The highest BCUT2D eigenvalue weighted by atomic mass is 16.4. The fourth-order valence-electron chi connectivity index (χ4n) is 2.63. The first-order valence-corrected chi connectivity index (χ1v) is 6.79. The molecule has 0 bridgehead atoms. The molecule has 2 fully saturated rings. The molecule has 0 saturated carbocycles. The molecule has 102 valence electrons. The van der Waals surface area contributed by atoms with Crippen LogP contribution in [0.3, 0.4) is 0 Å². The van der Waals surface area contributed by atoms with Gasteiger partial charge in [0.15, 0.2) is 0 Å². The molecule has 0 unspecified atom stereocenters. The molecule has 0 spiro atoms. The molecule has 2 aliphatic heterocycles. The van der Waals surface area contributed by atoms with Gasteiger partial charge in [0, 0.05) is 32.2 Å². The van der Waals surface area contributed by atoms with Gasteiger partial charge in [0.1, 0.15) is 18.0 Å². The predicted molar refractivity (Wildman–Crippen MR) is 71.4 cm³/mol. The highest BCUT2D eigenvalue weighted by molar-refractivity contribution is 5.74. The topological polar surface area (TPSA) is 69.6 Å². The molecule has 6 heteroatoms. The van der Waals surface area contributed by atoms with Gasteiger partial charge in [0.25, 0.3) is 0 Å². The van der Waals surface area contributed by atoms with Gasteiger partial charge in [-0.1, -0.05) is 0 Å². The van der Waals surface area contributed by atoms with Crippen molar-refractivity contribution in [2.24, 2.45) is 5.92 Å². The summed E-state index contributed by atoms with van der Waals surface area (Å²) in [7, 11) is 0. The van der Waals surface area contributed by atoms with E-state index in [1.165, 1.54) is 19.3 Å². The normalized spacial score (nSPS) is 20.2. The van der Waals surface area contributed by atoms with Gasteiger partial charge in [-0.2, -0.15) is 0 Å². The number of anilines is 2. The molecule has 1 aromatic heterocycles. The molecule has 1 aromatic rings. The van der Waals surface area contributed by atoms with E-state index >= 15 is 0 Å². The van der Waals surface area contributed by atoms with Crippen molar-refractivity contribution in [3.63, 3.8) is 0 Å². The Hall–Kier alpha value is -1.85. The first kappa shape index (κ1) is 12.2. The summed E-state index contributed by atoms with van der Waals surface area (Å²) in [5, 5.41) is 8.89. The molecule has 3 heterocycles. The van der Waals surface area contributed by atoms with Crippen LogP contribution in [0.1, 0.15) is 19.3 Å². The number of carboxylic acid groups (broad SMARTS) is 1. The van der Waals surface area contributed by atoms with Gasteiger partial charge in [0.05, 0.1) is 5.92 Å². The first-order valence-electron chi connectivity index (χ1n) is 6.79. The Morgan fingerprint density at radius 2 is 1.74 bits per heavy atom. The average Bonchev–Trinajstić information content (AvgIpc) is 2.38. The van der Waals surface area contributed by atoms with Crippen molar-refractivity contribution in [3.8, 4) is 0 Å². The lowest BCUT2D eigenvalue weighted by Gasteiger charge is -2.38. The van der Waals surface area contributed by atoms with E-state index in [-0.39, 0.29) is 5.92 Å². The Balaban J connectivity index is 1.68. The summed E-state index contributed by atoms with van der Waals surface area (Å²) >= 11 is 0. The summed E-state index contributed by atoms with van der Waals surface area (Å²) in [5.41, 5.74) is 0. The lowest BCUT2D eigenvalue weighted by Crippen LogP contribution is -2.50. The van der Waals surface area contributed by atoms with Gasteiger partial charge >= 0.3 is 5.97 Å². The van der Waals surface area contributed by atoms with E-state index in [2.05, 4.69) is 14.9 Å². The molecule has 2 aliphatic rings. The SMILES string of the molecule is O=C(O)C1CN(c2cc(N3CCCCC3)ncn2)C1. The molecule has 0 aliphatic carbocycles. The molecule has 2 saturated heterocycles. The van der Waals surface area contributed by atoms with Gasteiger partial charge in [0.2, 0.25) is 0 Å². The second kappa shape index (κ2) is 5.03. The molecule has 0 radical (unpaired) electrons. The van der Waals surface area contributed by atoms with Crippen molar-refractivity contribution >= 4 is 17.6 Å². The molecular formula is C13H18N4O2. The zero-order valence-electron chi connectivity index (χ0n) is 10.8. The number of aromatic nitrogens is 2. The van der Waals surface area contributed by atoms with Gasteiger partial charge in [-0.15, -0.1) is 0 Å². The quantitative estimate of drug-likeness (QED) is 0.876. The summed E-state index contributed by atoms with van der Waals surface area (Å²) in [5.74, 6) is 0.825. The van der Waals surface area contributed by atoms with E-state index < -0.39 is 5.97 Å².